The number of methoxy groups -OCH3 is 1. The van der Waals surface area contributed by atoms with Crippen molar-refractivity contribution < 1.29 is 14.5 Å². The van der Waals surface area contributed by atoms with Gasteiger partial charge in [0.1, 0.15) is 0 Å². The molecule has 0 saturated heterocycles. The van der Waals surface area contributed by atoms with Gasteiger partial charge in [0.2, 0.25) is 0 Å². The maximum absolute atomic E-state index is 11.5. The first-order valence-electron chi connectivity index (χ1n) is 5.75. The molecule has 1 aromatic carbocycles. The van der Waals surface area contributed by atoms with Crippen LogP contribution in [0.15, 0.2) is 34.3 Å². The van der Waals surface area contributed by atoms with E-state index in [1.54, 1.807) is 25.1 Å². The smallest absolute Gasteiger partial charge is 0.358 e. The summed E-state index contributed by atoms with van der Waals surface area (Å²) in [6, 6.07) is 6.44. The number of aromatic nitrogens is 2. The number of para-hydroxylation sites is 1. The van der Waals surface area contributed by atoms with E-state index < -0.39 is 10.9 Å². The van der Waals surface area contributed by atoms with E-state index in [2.05, 4.69) is 14.7 Å². The number of nitrogens with one attached hydrogen (secondary N) is 1. The number of hydrogen-bond acceptors (Lipinski definition) is 7. The second kappa shape index (κ2) is 6.64. The molecule has 7 nitrogen and oxygen atoms in total. The average Bonchev–Trinajstić information content (AvgIpc) is 2.85. The van der Waals surface area contributed by atoms with Crippen LogP contribution in [-0.4, -0.2) is 28.0 Å². The van der Waals surface area contributed by atoms with Crippen LogP contribution in [0.4, 0.5) is 5.69 Å². The van der Waals surface area contributed by atoms with Crippen molar-refractivity contribution in [1.29, 1.82) is 0 Å². The lowest BCUT2D eigenvalue weighted by atomic mass is 10.3. The van der Waals surface area contributed by atoms with Crippen molar-refractivity contribution in [3.63, 3.8) is 0 Å². The van der Waals surface area contributed by atoms with Gasteiger partial charge in [-0.2, -0.15) is 0 Å². The lowest BCUT2D eigenvalue weighted by Crippen LogP contribution is -2.03. The SMILES string of the molecule is COC(=O)c1nc(SSc2ccccc2[N+](=O)[O-])[nH]c1C. The fourth-order valence-electron chi connectivity index (χ4n) is 1.53. The van der Waals surface area contributed by atoms with E-state index in [1.807, 2.05) is 0 Å². The van der Waals surface area contributed by atoms with Crippen LogP contribution in [0.3, 0.4) is 0 Å². The van der Waals surface area contributed by atoms with Gasteiger partial charge in [0.05, 0.1) is 16.9 Å². The Kier molecular flexibility index (Phi) is 4.86. The Morgan fingerprint density at radius 1 is 1.38 bits per heavy atom. The highest BCUT2D eigenvalue weighted by Crippen LogP contribution is 2.40. The fourth-order valence-corrected chi connectivity index (χ4v) is 3.55. The van der Waals surface area contributed by atoms with Crippen LogP contribution in [0.1, 0.15) is 16.2 Å². The monoisotopic (exact) mass is 325 g/mol. The number of hydrogen-bond donors (Lipinski definition) is 1. The first-order valence-corrected chi connectivity index (χ1v) is 7.90. The summed E-state index contributed by atoms with van der Waals surface area (Å²) in [6.45, 7) is 1.71. The van der Waals surface area contributed by atoms with E-state index in [0.717, 1.165) is 0 Å². The van der Waals surface area contributed by atoms with Crippen molar-refractivity contribution in [1.82, 2.24) is 9.97 Å². The van der Waals surface area contributed by atoms with Crippen LogP contribution in [0.5, 0.6) is 0 Å². The number of carbonyl (C=O) groups excluding carboxylic acids is 1. The largest absolute Gasteiger partial charge is 0.464 e. The Morgan fingerprint density at radius 2 is 2.10 bits per heavy atom. The van der Waals surface area contributed by atoms with E-state index in [1.165, 1.54) is 34.8 Å². The Hall–Kier alpha value is -2.00. The summed E-state index contributed by atoms with van der Waals surface area (Å²) in [5.74, 6) is -0.522. The highest BCUT2D eigenvalue weighted by molar-refractivity contribution is 8.76. The lowest BCUT2D eigenvalue weighted by molar-refractivity contribution is -0.387. The normalized spacial score (nSPS) is 10.4. The quantitative estimate of drug-likeness (QED) is 0.390. The molecule has 0 aliphatic rings. The second-order valence-electron chi connectivity index (χ2n) is 3.90. The molecule has 0 atom stereocenters. The van der Waals surface area contributed by atoms with Crippen molar-refractivity contribution in [2.75, 3.05) is 7.11 Å². The lowest BCUT2D eigenvalue weighted by Gasteiger charge is -1.99. The minimum Gasteiger partial charge on any atom is -0.464 e. The molecule has 0 radical (unpaired) electrons. The van der Waals surface area contributed by atoms with Crippen molar-refractivity contribution >= 4 is 33.2 Å². The first kappa shape index (κ1) is 15.4. The summed E-state index contributed by atoms with van der Waals surface area (Å²) >= 11 is 0. The molecule has 1 heterocycles. The van der Waals surface area contributed by atoms with Gasteiger partial charge in [0.15, 0.2) is 10.9 Å². The molecule has 21 heavy (non-hydrogen) atoms. The number of rotatable bonds is 5. The number of nitro benzene ring substituents is 1. The number of H-pyrrole nitrogens is 1. The summed E-state index contributed by atoms with van der Waals surface area (Å²) in [6.07, 6.45) is 0. The van der Waals surface area contributed by atoms with Crippen LogP contribution in [0.25, 0.3) is 0 Å². The van der Waals surface area contributed by atoms with Crippen LogP contribution >= 0.6 is 21.6 Å². The van der Waals surface area contributed by atoms with Crippen LogP contribution in [0, 0.1) is 17.0 Å². The maximum atomic E-state index is 11.5. The molecule has 1 N–H and O–H groups in total. The summed E-state index contributed by atoms with van der Waals surface area (Å²) in [4.78, 5) is 29.5. The van der Waals surface area contributed by atoms with Gasteiger partial charge in [-0.15, -0.1) is 0 Å². The standard InChI is InChI=1S/C12H11N3O4S2/c1-7-10(11(16)19-2)14-12(13-7)21-20-9-6-4-3-5-8(9)15(17)18/h3-6H,1-2H3,(H,13,14). The Labute approximate surface area is 128 Å². The minimum absolute atomic E-state index is 0.0338. The number of nitro groups is 1. The first-order chi connectivity index (χ1) is 10.0. The molecule has 2 aromatic rings. The molecule has 110 valence electrons. The number of imidazole rings is 1. The van der Waals surface area contributed by atoms with Gasteiger partial charge in [0, 0.05) is 11.8 Å². The molecule has 2 rings (SSSR count). The number of ether oxygens (including phenoxy) is 1. The van der Waals surface area contributed by atoms with Gasteiger partial charge < -0.3 is 9.72 Å². The number of aryl methyl sites for hydroxylation is 1. The van der Waals surface area contributed by atoms with Gasteiger partial charge in [-0.3, -0.25) is 10.1 Å². The molecule has 0 aliphatic heterocycles. The van der Waals surface area contributed by atoms with Crippen molar-refractivity contribution in [3.8, 4) is 0 Å². The van der Waals surface area contributed by atoms with Gasteiger partial charge in [0.25, 0.3) is 5.69 Å². The molecular weight excluding hydrogens is 314 g/mol. The molecule has 0 unspecified atom stereocenters. The van der Waals surface area contributed by atoms with E-state index in [9.17, 15) is 14.9 Å². The molecule has 0 amide bonds. The molecule has 9 heteroatoms. The third-order valence-electron chi connectivity index (χ3n) is 2.51. The van der Waals surface area contributed by atoms with Crippen molar-refractivity contribution in [2.45, 2.75) is 17.0 Å². The molecule has 1 aromatic heterocycles. The zero-order chi connectivity index (χ0) is 15.4. The van der Waals surface area contributed by atoms with Crippen LogP contribution in [-0.2, 0) is 4.74 Å². The van der Waals surface area contributed by atoms with Crippen molar-refractivity contribution in [2.24, 2.45) is 0 Å². The van der Waals surface area contributed by atoms with E-state index in [-0.39, 0.29) is 11.4 Å². The highest BCUT2D eigenvalue weighted by atomic mass is 33.1. The summed E-state index contributed by atoms with van der Waals surface area (Å²) in [7, 11) is 3.69. The third kappa shape index (κ3) is 3.56. The predicted octanol–water partition coefficient (Wildman–Crippen LogP) is 3.21. The van der Waals surface area contributed by atoms with E-state index >= 15 is 0 Å². The summed E-state index contributed by atoms with van der Waals surface area (Å²) < 4.78 is 4.62. The maximum Gasteiger partial charge on any atom is 0.358 e. The number of carbonyl (C=O) groups is 1. The molecule has 0 aliphatic carbocycles. The number of esters is 1. The minimum atomic E-state index is -0.522. The third-order valence-corrected chi connectivity index (χ3v) is 4.74. The van der Waals surface area contributed by atoms with Gasteiger partial charge in [-0.25, -0.2) is 9.78 Å². The van der Waals surface area contributed by atoms with Crippen molar-refractivity contribution in [3.05, 3.63) is 45.8 Å². The molecule has 0 spiro atoms. The zero-order valence-electron chi connectivity index (χ0n) is 11.2. The van der Waals surface area contributed by atoms with Gasteiger partial charge in [-0.05, 0) is 34.6 Å². The predicted molar refractivity (Wildman–Crippen MR) is 79.5 cm³/mol. The second-order valence-corrected chi connectivity index (χ2v) is 6.06. The Morgan fingerprint density at radius 3 is 2.76 bits per heavy atom. The summed E-state index contributed by atoms with van der Waals surface area (Å²) in [5.41, 5.74) is 0.835. The zero-order valence-corrected chi connectivity index (χ0v) is 12.8. The van der Waals surface area contributed by atoms with Crippen LogP contribution < -0.4 is 0 Å². The average molecular weight is 325 g/mol. The van der Waals surface area contributed by atoms with Gasteiger partial charge in [-0.1, -0.05) is 12.1 Å². The van der Waals surface area contributed by atoms with Gasteiger partial charge >= 0.3 is 5.97 Å². The Bertz CT molecular complexity index is 687. The number of aromatic amines is 1. The highest BCUT2D eigenvalue weighted by Gasteiger charge is 2.18. The number of benzene rings is 1. The fraction of sp³-hybridized carbons (Fsp3) is 0.167. The summed E-state index contributed by atoms with van der Waals surface area (Å²) in [5, 5.41) is 11.4. The molecule has 0 fully saturated rings. The molecular formula is C12H11N3O4S2. The molecule has 0 bridgehead atoms. The molecule has 0 saturated carbocycles. The van der Waals surface area contributed by atoms with E-state index in [4.69, 9.17) is 0 Å². The Balaban J connectivity index is 2.14. The topological polar surface area (TPSA) is 98.1 Å². The number of nitrogens with zero attached hydrogens (tertiary/aromatic N) is 2. The van der Waals surface area contributed by atoms with E-state index in [0.29, 0.717) is 15.7 Å². The van der Waals surface area contributed by atoms with Crippen LogP contribution in [0.2, 0.25) is 0 Å².